The summed E-state index contributed by atoms with van der Waals surface area (Å²) in [6.45, 7) is 7.16. The third-order valence-electron chi connectivity index (χ3n) is 4.82. The van der Waals surface area contributed by atoms with Crippen LogP contribution in [0.25, 0.3) is 22.6 Å². The summed E-state index contributed by atoms with van der Waals surface area (Å²) in [4.78, 5) is 6.00. The van der Waals surface area contributed by atoms with E-state index in [-0.39, 0.29) is 17.4 Å². The summed E-state index contributed by atoms with van der Waals surface area (Å²) >= 11 is 1.60. The SMILES string of the molecule is CCN1CC(c2cc(-c3ccsc3)no2)=C(c2cc(C(C)C)c(O)cc2O)O1. The fourth-order valence-electron chi connectivity index (χ4n) is 3.24. The molecule has 0 unspecified atom stereocenters. The van der Waals surface area contributed by atoms with Gasteiger partial charge in [0.25, 0.3) is 0 Å². The molecule has 4 rings (SSSR count). The van der Waals surface area contributed by atoms with Crippen molar-refractivity contribution in [2.75, 3.05) is 13.1 Å². The highest BCUT2D eigenvalue weighted by molar-refractivity contribution is 7.08. The quantitative estimate of drug-likeness (QED) is 0.624. The van der Waals surface area contributed by atoms with Crippen LogP contribution in [0.15, 0.2) is 39.5 Å². The van der Waals surface area contributed by atoms with Gasteiger partial charge in [0.15, 0.2) is 11.5 Å². The maximum absolute atomic E-state index is 10.5. The molecule has 28 heavy (non-hydrogen) atoms. The van der Waals surface area contributed by atoms with Gasteiger partial charge in [0, 0.05) is 29.6 Å². The van der Waals surface area contributed by atoms with E-state index in [4.69, 9.17) is 9.36 Å². The second kappa shape index (κ2) is 7.33. The predicted octanol–water partition coefficient (Wildman–Crippen LogP) is 5.07. The van der Waals surface area contributed by atoms with Gasteiger partial charge in [0.05, 0.1) is 17.7 Å². The minimum Gasteiger partial charge on any atom is -0.508 e. The predicted molar refractivity (Wildman–Crippen MR) is 109 cm³/mol. The number of hydrogen-bond donors (Lipinski definition) is 2. The molecule has 0 aliphatic carbocycles. The molecule has 1 aliphatic heterocycles. The van der Waals surface area contributed by atoms with Gasteiger partial charge in [-0.25, -0.2) is 0 Å². The van der Waals surface area contributed by atoms with E-state index in [1.54, 1.807) is 22.5 Å². The molecule has 0 spiro atoms. The summed E-state index contributed by atoms with van der Waals surface area (Å²) in [6.07, 6.45) is 0. The third-order valence-corrected chi connectivity index (χ3v) is 5.50. The number of rotatable bonds is 5. The lowest BCUT2D eigenvalue weighted by Gasteiger charge is -2.16. The number of nitrogens with zero attached hydrogens (tertiary/aromatic N) is 2. The third kappa shape index (κ3) is 3.27. The smallest absolute Gasteiger partial charge is 0.168 e. The Labute approximate surface area is 167 Å². The van der Waals surface area contributed by atoms with E-state index in [1.807, 2.05) is 43.7 Å². The molecule has 2 aromatic heterocycles. The van der Waals surface area contributed by atoms with Crippen molar-refractivity contribution < 1.29 is 19.6 Å². The van der Waals surface area contributed by atoms with Crippen molar-refractivity contribution in [2.24, 2.45) is 0 Å². The lowest BCUT2D eigenvalue weighted by Crippen LogP contribution is -2.18. The van der Waals surface area contributed by atoms with Gasteiger partial charge < -0.3 is 19.6 Å². The fourth-order valence-corrected chi connectivity index (χ4v) is 3.89. The fraction of sp³-hybridized carbons (Fsp3) is 0.286. The molecule has 3 aromatic rings. The van der Waals surface area contributed by atoms with Crippen LogP contribution in [0, 0.1) is 0 Å². The molecule has 0 bridgehead atoms. The van der Waals surface area contributed by atoms with Crippen LogP contribution in [0.3, 0.4) is 0 Å². The molecule has 146 valence electrons. The Bertz CT molecular complexity index is 1020. The van der Waals surface area contributed by atoms with Gasteiger partial charge in [-0.15, -0.1) is 5.06 Å². The van der Waals surface area contributed by atoms with Crippen LogP contribution in [-0.4, -0.2) is 33.5 Å². The molecular formula is C21H22N2O4S. The van der Waals surface area contributed by atoms with Crippen molar-refractivity contribution in [3.05, 3.63) is 51.9 Å². The molecular weight excluding hydrogens is 376 g/mol. The lowest BCUT2D eigenvalue weighted by atomic mass is 9.96. The number of benzene rings is 1. The maximum atomic E-state index is 10.5. The maximum Gasteiger partial charge on any atom is 0.168 e. The van der Waals surface area contributed by atoms with E-state index >= 15 is 0 Å². The molecule has 0 atom stereocenters. The van der Waals surface area contributed by atoms with E-state index in [1.165, 1.54) is 6.07 Å². The molecule has 1 aromatic carbocycles. The van der Waals surface area contributed by atoms with Crippen molar-refractivity contribution in [3.8, 4) is 22.8 Å². The van der Waals surface area contributed by atoms with E-state index < -0.39 is 0 Å². The Morgan fingerprint density at radius 2 is 2.04 bits per heavy atom. The lowest BCUT2D eigenvalue weighted by molar-refractivity contribution is -0.0557. The van der Waals surface area contributed by atoms with Crippen molar-refractivity contribution in [1.29, 1.82) is 0 Å². The minimum atomic E-state index is -0.0371. The Balaban J connectivity index is 1.82. The van der Waals surface area contributed by atoms with Gasteiger partial charge in [-0.05, 0) is 35.9 Å². The number of thiophene rings is 1. The van der Waals surface area contributed by atoms with Crippen LogP contribution >= 0.6 is 11.3 Å². The van der Waals surface area contributed by atoms with E-state index in [0.717, 1.165) is 22.4 Å². The first-order valence-corrected chi connectivity index (χ1v) is 10.1. The summed E-state index contributed by atoms with van der Waals surface area (Å²) in [5, 5.41) is 30.6. The average molecular weight is 398 g/mol. The van der Waals surface area contributed by atoms with E-state index in [0.29, 0.717) is 30.2 Å². The molecule has 0 radical (unpaired) electrons. The zero-order chi connectivity index (χ0) is 19.8. The molecule has 0 saturated heterocycles. The number of likely N-dealkylation sites (N-methyl/N-ethyl adjacent to an activating group) is 1. The number of phenolic OH excluding ortho intramolecular Hbond substituents is 2. The van der Waals surface area contributed by atoms with Gasteiger partial charge in [-0.1, -0.05) is 19.0 Å². The molecule has 0 saturated carbocycles. The zero-order valence-electron chi connectivity index (χ0n) is 16.0. The number of hydroxylamine groups is 2. The van der Waals surface area contributed by atoms with Crippen molar-refractivity contribution in [1.82, 2.24) is 10.2 Å². The van der Waals surface area contributed by atoms with Crippen molar-refractivity contribution in [3.63, 3.8) is 0 Å². The van der Waals surface area contributed by atoms with E-state index in [2.05, 4.69) is 5.16 Å². The number of phenols is 2. The molecule has 3 heterocycles. The minimum absolute atomic E-state index is 0.0371. The van der Waals surface area contributed by atoms with Crippen molar-refractivity contribution in [2.45, 2.75) is 26.7 Å². The first-order valence-electron chi connectivity index (χ1n) is 9.19. The van der Waals surface area contributed by atoms with Crippen molar-refractivity contribution >= 4 is 22.7 Å². The second-order valence-corrected chi connectivity index (χ2v) is 7.81. The molecule has 6 nitrogen and oxygen atoms in total. The largest absolute Gasteiger partial charge is 0.508 e. The van der Waals surface area contributed by atoms with Crippen LogP contribution in [-0.2, 0) is 4.84 Å². The summed E-state index contributed by atoms with van der Waals surface area (Å²) in [5.74, 6) is 1.26. The first-order chi connectivity index (χ1) is 13.5. The highest BCUT2D eigenvalue weighted by atomic mass is 32.1. The van der Waals surface area contributed by atoms with Crippen LogP contribution in [0.4, 0.5) is 0 Å². The first kappa shape index (κ1) is 18.6. The van der Waals surface area contributed by atoms with Crippen LogP contribution in [0.5, 0.6) is 11.5 Å². The normalized spacial score (nSPS) is 14.9. The monoisotopic (exact) mass is 398 g/mol. The summed E-state index contributed by atoms with van der Waals surface area (Å²) < 4.78 is 5.62. The Hall–Kier alpha value is -2.77. The standard InChI is InChI=1S/C21H22N2O4S/c1-4-23-10-16(20-8-17(22-26-20)13-5-6-28-11-13)21(27-23)15-7-14(12(2)3)18(24)9-19(15)25/h5-9,11-12,24-25H,4,10H2,1-3H3. The van der Waals surface area contributed by atoms with Crippen LogP contribution < -0.4 is 0 Å². The average Bonchev–Trinajstić information content (AvgIpc) is 3.40. The van der Waals surface area contributed by atoms with Gasteiger partial charge in [0.1, 0.15) is 17.2 Å². The Morgan fingerprint density at radius 3 is 2.71 bits per heavy atom. The Morgan fingerprint density at radius 1 is 1.21 bits per heavy atom. The Kier molecular flexibility index (Phi) is 4.87. The van der Waals surface area contributed by atoms with E-state index in [9.17, 15) is 10.2 Å². The van der Waals surface area contributed by atoms with Crippen LogP contribution in [0.1, 0.15) is 43.6 Å². The number of hydrogen-bond acceptors (Lipinski definition) is 7. The van der Waals surface area contributed by atoms with Gasteiger partial charge in [-0.3, -0.25) is 0 Å². The molecule has 1 aliphatic rings. The van der Waals surface area contributed by atoms with Gasteiger partial charge in [-0.2, -0.15) is 11.3 Å². The summed E-state index contributed by atoms with van der Waals surface area (Å²) in [6, 6.07) is 7.02. The van der Waals surface area contributed by atoms with Crippen LogP contribution in [0.2, 0.25) is 0 Å². The highest BCUT2D eigenvalue weighted by Gasteiger charge is 2.30. The molecule has 7 heteroatoms. The van der Waals surface area contributed by atoms with Gasteiger partial charge >= 0.3 is 0 Å². The number of aromatic nitrogens is 1. The molecule has 0 amide bonds. The summed E-state index contributed by atoms with van der Waals surface area (Å²) in [5.41, 5.74) is 3.85. The molecule has 0 fully saturated rings. The molecule has 2 N–H and O–H groups in total. The topological polar surface area (TPSA) is 79.0 Å². The number of aromatic hydroxyl groups is 2. The van der Waals surface area contributed by atoms with Gasteiger partial charge in [0.2, 0.25) is 0 Å². The zero-order valence-corrected chi connectivity index (χ0v) is 16.8. The second-order valence-electron chi connectivity index (χ2n) is 7.03. The summed E-state index contributed by atoms with van der Waals surface area (Å²) in [7, 11) is 0. The highest BCUT2D eigenvalue weighted by Crippen LogP contribution is 2.42.